The molecule has 0 aliphatic heterocycles. The second-order valence-corrected chi connectivity index (χ2v) is 7.76. The van der Waals surface area contributed by atoms with Crippen molar-refractivity contribution < 1.29 is 23.5 Å². The topological polar surface area (TPSA) is 79.3 Å². The summed E-state index contributed by atoms with van der Waals surface area (Å²) in [4.78, 5) is 29.0. The molecule has 0 atom stereocenters. The van der Waals surface area contributed by atoms with E-state index in [0.29, 0.717) is 16.6 Å². The Hall–Kier alpha value is -4.13. The molecule has 0 aliphatic carbocycles. The molecule has 4 rings (SSSR count). The molecule has 166 valence electrons. The van der Waals surface area contributed by atoms with Crippen LogP contribution in [0.15, 0.2) is 66.7 Å². The van der Waals surface area contributed by atoms with Crippen molar-refractivity contribution >= 4 is 28.5 Å². The van der Waals surface area contributed by atoms with Gasteiger partial charge in [0.25, 0.3) is 12.3 Å². The molecule has 0 aliphatic rings. The number of alkyl halides is 2. The van der Waals surface area contributed by atoms with Gasteiger partial charge in [0.15, 0.2) is 0 Å². The average molecular weight is 446 g/mol. The van der Waals surface area contributed by atoms with Gasteiger partial charge < -0.3 is 10.4 Å². The summed E-state index contributed by atoms with van der Waals surface area (Å²) in [5.74, 6) is -1.52. The highest BCUT2D eigenvalue weighted by Gasteiger charge is 2.20. The smallest absolute Gasteiger partial charge is 0.335 e. The minimum absolute atomic E-state index is 0.0968. The van der Waals surface area contributed by atoms with Crippen LogP contribution in [0.5, 0.6) is 0 Å². The van der Waals surface area contributed by atoms with Gasteiger partial charge >= 0.3 is 5.97 Å². The maximum atomic E-state index is 13.6. The number of hydrogen-bond donors (Lipinski definition) is 2. The van der Waals surface area contributed by atoms with E-state index in [1.54, 1.807) is 12.1 Å². The van der Waals surface area contributed by atoms with Gasteiger partial charge in [0.05, 0.1) is 22.3 Å². The van der Waals surface area contributed by atoms with Crippen LogP contribution in [-0.2, 0) is 0 Å². The number of carboxylic acids is 1. The molecule has 0 spiro atoms. The number of rotatable bonds is 5. The molecular formula is C26H20F2N2O3. The van der Waals surface area contributed by atoms with Crippen LogP contribution in [0.25, 0.3) is 22.2 Å². The summed E-state index contributed by atoms with van der Waals surface area (Å²) in [5.41, 5.74) is 3.47. The van der Waals surface area contributed by atoms with E-state index < -0.39 is 18.3 Å². The number of halogens is 2. The predicted octanol–water partition coefficient (Wildman–Crippen LogP) is 6.41. The van der Waals surface area contributed by atoms with Crippen LogP contribution in [0, 0.1) is 13.8 Å². The minimum Gasteiger partial charge on any atom is -0.478 e. The fourth-order valence-corrected chi connectivity index (χ4v) is 3.82. The number of aryl methyl sites for hydroxylation is 2. The van der Waals surface area contributed by atoms with Gasteiger partial charge in [-0.3, -0.25) is 4.79 Å². The average Bonchev–Trinajstić information content (AvgIpc) is 2.78. The quantitative estimate of drug-likeness (QED) is 0.371. The van der Waals surface area contributed by atoms with E-state index >= 15 is 0 Å². The molecule has 1 amide bonds. The Morgan fingerprint density at radius 1 is 0.970 bits per heavy atom. The number of carboxylic acid groups (broad SMARTS) is 1. The Balaban J connectivity index is 1.86. The van der Waals surface area contributed by atoms with Gasteiger partial charge in [-0.25, -0.2) is 18.6 Å². The summed E-state index contributed by atoms with van der Waals surface area (Å²) in [6.07, 6.45) is -2.69. The highest BCUT2D eigenvalue weighted by atomic mass is 19.3. The molecular weight excluding hydrogens is 426 g/mol. The van der Waals surface area contributed by atoms with Crippen molar-refractivity contribution in [3.05, 3.63) is 94.5 Å². The molecule has 0 radical (unpaired) electrons. The standard InChI is InChI=1S/C26H20F2N2O3/c1-14-11-15(2)23-20(12-14)21(25(31)29-17-9-7-16(8-10-17)26(32)33)13-22(30-23)18-5-3-4-6-19(18)24(27)28/h3-13,24H,1-2H3,(H,29,31)(H,32,33). The van der Waals surface area contributed by atoms with Crippen LogP contribution in [0.4, 0.5) is 14.5 Å². The molecule has 1 aromatic heterocycles. The molecule has 0 fully saturated rings. The summed E-state index contributed by atoms with van der Waals surface area (Å²) in [6.45, 7) is 3.76. The number of nitrogens with zero attached hydrogens (tertiary/aromatic N) is 1. The molecule has 3 aromatic carbocycles. The van der Waals surface area contributed by atoms with E-state index in [2.05, 4.69) is 10.3 Å². The van der Waals surface area contributed by atoms with Crippen LogP contribution in [0.3, 0.4) is 0 Å². The zero-order chi connectivity index (χ0) is 23.7. The van der Waals surface area contributed by atoms with Gasteiger partial charge in [0.2, 0.25) is 0 Å². The first-order valence-electron chi connectivity index (χ1n) is 10.2. The number of carbonyl (C=O) groups is 2. The fourth-order valence-electron chi connectivity index (χ4n) is 3.82. The van der Waals surface area contributed by atoms with Crippen molar-refractivity contribution in [3.8, 4) is 11.3 Å². The van der Waals surface area contributed by atoms with Gasteiger partial charge in [-0.05, 0) is 55.8 Å². The number of amides is 1. The third-order valence-electron chi connectivity index (χ3n) is 5.35. The van der Waals surface area contributed by atoms with Crippen molar-refractivity contribution in [1.29, 1.82) is 0 Å². The largest absolute Gasteiger partial charge is 0.478 e. The highest BCUT2D eigenvalue weighted by Crippen LogP contribution is 2.33. The summed E-state index contributed by atoms with van der Waals surface area (Å²) in [5, 5.41) is 12.4. The maximum absolute atomic E-state index is 13.6. The zero-order valence-corrected chi connectivity index (χ0v) is 17.9. The molecule has 0 saturated carbocycles. The lowest BCUT2D eigenvalue weighted by Crippen LogP contribution is -2.13. The van der Waals surface area contributed by atoms with Gasteiger partial charge in [-0.1, -0.05) is 35.9 Å². The molecule has 1 heterocycles. The fraction of sp³-hybridized carbons (Fsp3) is 0.115. The van der Waals surface area contributed by atoms with Crippen LogP contribution in [-0.4, -0.2) is 22.0 Å². The number of pyridine rings is 1. The summed E-state index contributed by atoms with van der Waals surface area (Å²) < 4.78 is 27.3. The Morgan fingerprint density at radius 2 is 1.67 bits per heavy atom. The van der Waals surface area contributed by atoms with Gasteiger partial charge in [-0.2, -0.15) is 0 Å². The molecule has 4 aromatic rings. The number of nitrogens with one attached hydrogen (secondary N) is 1. The predicted molar refractivity (Wildman–Crippen MR) is 123 cm³/mol. The number of hydrogen-bond acceptors (Lipinski definition) is 3. The van der Waals surface area contributed by atoms with Crippen molar-refractivity contribution in [2.75, 3.05) is 5.32 Å². The van der Waals surface area contributed by atoms with Crippen molar-refractivity contribution in [3.63, 3.8) is 0 Å². The monoisotopic (exact) mass is 446 g/mol. The van der Waals surface area contributed by atoms with Crippen LogP contribution in [0.2, 0.25) is 0 Å². The normalized spacial score (nSPS) is 11.1. The Labute approximate surface area is 188 Å². The maximum Gasteiger partial charge on any atom is 0.335 e. The summed E-state index contributed by atoms with van der Waals surface area (Å²) in [7, 11) is 0. The van der Waals surface area contributed by atoms with Crippen molar-refractivity contribution in [2.24, 2.45) is 0 Å². The van der Waals surface area contributed by atoms with Crippen LogP contribution < -0.4 is 5.32 Å². The highest BCUT2D eigenvalue weighted by molar-refractivity contribution is 6.13. The first-order chi connectivity index (χ1) is 15.7. The van der Waals surface area contributed by atoms with E-state index in [1.807, 2.05) is 26.0 Å². The number of aromatic carboxylic acids is 1. The number of aromatic nitrogens is 1. The molecule has 0 bridgehead atoms. The van der Waals surface area contributed by atoms with E-state index in [-0.39, 0.29) is 27.9 Å². The minimum atomic E-state index is -2.69. The van der Waals surface area contributed by atoms with Crippen molar-refractivity contribution in [2.45, 2.75) is 20.3 Å². The molecule has 33 heavy (non-hydrogen) atoms. The number of carbonyl (C=O) groups excluding carboxylic acids is 1. The third kappa shape index (κ3) is 4.43. The number of benzene rings is 3. The van der Waals surface area contributed by atoms with Gasteiger partial charge in [-0.15, -0.1) is 0 Å². The van der Waals surface area contributed by atoms with E-state index in [1.165, 1.54) is 42.5 Å². The first-order valence-corrected chi connectivity index (χ1v) is 10.2. The third-order valence-corrected chi connectivity index (χ3v) is 5.35. The van der Waals surface area contributed by atoms with Gasteiger partial charge in [0.1, 0.15) is 0 Å². The summed E-state index contributed by atoms with van der Waals surface area (Å²) >= 11 is 0. The zero-order valence-electron chi connectivity index (χ0n) is 17.9. The molecule has 7 heteroatoms. The molecule has 0 saturated heterocycles. The number of anilines is 1. The van der Waals surface area contributed by atoms with Gasteiger partial charge in [0, 0.05) is 22.2 Å². The van der Waals surface area contributed by atoms with E-state index in [0.717, 1.165) is 11.1 Å². The molecule has 5 nitrogen and oxygen atoms in total. The SMILES string of the molecule is Cc1cc(C)c2nc(-c3ccccc3C(F)F)cc(C(=O)Nc3ccc(C(=O)O)cc3)c2c1. The number of fused-ring (bicyclic) bond motifs is 1. The lowest BCUT2D eigenvalue weighted by Gasteiger charge is -2.15. The molecule has 0 unspecified atom stereocenters. The Bertz CT molecular complexity index is 1380. The second kappa shape index (κ2) is 8.78. The molecule has 2 N–H and O–H groups in total. The summed E-state index contributed by atoms with van der Waals surface area (Å²) in [6, 6.07) is 17.1. The Kier molecular flexibility index (Phi) is 5.87. The second-order valence-electron chi connectivity index (χ2n) is 7.76. The van der Waals surface area contributed by atoms with Crippen LogP contribution in [0.1, 0.15) is 43.8 Å². The van der Waals surface area contributed by atoms with Crippen molar-refractivity contribution in [1.82, 2.24) is 4.98 Å². The van der Waals surface area contributed by atoms with Crippen LogP contribution >= 0.6 is 0 Å². The lowest BCUT2D eigenvalue weighted by atomic mass is 9.97. The van der Waals surface area contributed by atoms with E-state index in [4.69, 9.17) is 5.11 Å². The Morgan fingerprint density at radius 3 is 2.33 bits per heavy atom. The first kappa shape index (κ1) is 22.1. The lowest BCUT2D eigenvalue weighted by molar-refractivity contribution is 0.0696. The van der Waals surface area contributed by atoms with E-state index in [9.17, 15) is 18.4 Å².